The van der Waals surface area contributed by atoms with Gasteiger partial charge < -0.3 is 10.1 Å². The SMILES string of the molecule is Cc1cc(C)c2c(c1)OCCC2N1CCNCC1. The second-order valence-corrected chi connectivity index (χ2v) is 5.43. The Morgan fingerprint density at radius 1 is 1.22 bits per heavy atom. The Kier molecular flexibility index (Phi) is 3.27. The zero-order valence-electron chi connectivity index (χ0n) is 11.3. The number of ether oxygens (including phenoxy) is 1. The Labute approximate surface area is 109 Å². The Morgan fingerprint density at radius 2 is 2.00 bits per heavy atom. The normalized spacial score (nSPS) is 24.4. The molecule has 2 heterocycles. The van der Waals surface area contributed by atoms with Crippen molar-refractivity contribution in [2.24, 2.45) is 0 Å². The first kappa shape index (κ1) is 12.0. The van der Waals surface area contributed by atoms with Gasteiger partial charge in [0.2, 0.25) is 0 Å². The van der Waals surface area contributed by atoms with Gasteiger partial charge in [-0.1, -0.05) is 6.07 Å². The highest BCUT2D eigenvalue weighted by atomic mass is 16.5. The summed E-state index contributed by atoms with van der Waals surface area (Å²) in [5.74, 6) is 1.11. The van der Waals surface area contributed by atoms with Crippen molar-refractivity contribution in [2.45, 2.75) is 26.3 Å². The van der Waals surface area contributed by atoms with Crippen molar-refractivity contribution in [3.63, 3.8) is 0 Å². The van der Waals surface area contributed by atoms with E-state index in [2.05, 4.69) is 36.2 Å². The van der Waals surface area contributed by atoms with E-state index in [1.165, 1.54) is 16.7 Å². The van der Waals surface area contributed by atoms with Gasteiger partial charge in [-0.15, -0.1) is 0 Å². The van der Waals surface area contributed by atoms with E-state index in [1.54, 1.807) is 0 Å². The quantitative estimate of drug-likeness (QED) is 0.820. The van der Waals surface area contributed by atoms with Crippen LogP contribution in [0.3, 0.4) is 0 Å². The monoisotopic (exact) mass is 246 g/mol. The first-order valence-electron chi connectivity index (χ1n) is 6.94. The topological polar surface area (TPSA) is 24.5 Å². The number of hydrogen-bond acceptors (Lipinski definition) is 3. The highest BCUT2D eigenvalue weighted by Gasteiger charge is 2.29. The average Bonchev–Trinajstić information content (AvgIpc) is 2.38. The summed E-state index contributed by atoms with van der Waals surface area (Å²) in [6.07, 6.45) is 1.12. The van der Waals surface area contributed by atoms with Crippen LogP contribution in [0.1, 0.15) is 29.2 Å². The molecule has 0 spiro atoms. The third-order valence-corrected chi connectivity index (χ3v) is 4.07. The predicted octanol–water partition coefficient (Wildman–Crippen LogP) is 2.03. The van der Waals surface area contributed by atoms with Gasteiger partial charge in [-0.25, -0.2) is 0 Å². The number of aryl methyl sites for hydroxylation is 2. The fourth-order valence-electron chi connectivity index (χ4n) is 3.27. The summed E-state index contributed by atoms with van der Waals surface area (Å²) in [4.78, 5) is 2.61. The second kappa shape index (κ2) is 4.90. The Morgan fingerprint density at radius 3 is 2.78 bits per heavy atom. The molecule has 0 radical (unpaired) electrons. The fraction of sp³-hybridized carbons (Fsp3) is 0.600. The molecule has 0 aromatic heterocycles. The van der Waals surface area contributed by atoms with Crippen LogP contribution in [0.4, 0.5) is 0 Å². The third kappa shape index (κ3) is 2.13. The number of rotatable bonds is 1. The zero-order chi connectivity index (χ0) is 12.5. The second-order valence-electron chi connectivity index (χ2n) is 5.43. The number of piperazine rings is 1. The molecule has 1 fully saturated rings. The lowest BCUT2D eigenvalue weighted by Crippen LogP contribution is -2.46. The summed E-state index contributed by atoms with van der Waals surface area (Å²) in [7, 11) is 0. The minimum Gasteiger partial charge on any atom is -0.493 e. The van der Waals surface area contributed by atoms with Gasteiger partial charge in [-0.2, -0.15) is 0 Å². The molecular formula is C15H22N2O. The third-order valence-electron chi connectivity index (χ3n) is 4.07. The molecule has 1 N–H and O–H groups in total. The van der Waals surface area contributed by atoms with Crippen LogP contribution in [-0.2, 0) is 0 Å². The van der Waals surface area contributed by atoms with E-state index < -0.39 is 0 Å². The zero-order valence-corrected chi connectivity index (χ0v) is 11.3. The molecule has 1 aromatic carbocycles. The van der Waals surface area contributed by atoms with Crippen molar-refractivity contribution >= 4 is 0 Å². The number of fused-ring (bicyclic) bond motifs is 1. The van der Waals surface area contributed by atoms with Gasteiger partial charge in [0.25, 0.3) is 0 Å². The van der Waals surface area contributed by atoms with Gasteiger partial charge in [-0.3, -0.25) is 4.90 Å². The van der Waals surface area contributed by atoms with Crippen molar-refractivity contribution in [1.82, 2.24) is 10.2 Å². The molecular weight excluding hydrogens is 224 g/mol. The maximum absolute atomic E-state index is 5.86. The van der Waals surface area contributed by atoms with Crippen LogP contribution in [-0.4, -0.2) is 37.7 Å². The molecule has 3 heteroatoms. The van der Waals surface area contributed by atoms with E-state index in [0.29, 0.717) is 6.04 Å². The van der Waals surface area contributed by atoms with E-state index in [9.17, 15) is 0 Å². The van der Waals surface area contributed by atoms with Crippen LogP contribution in [0.5, 0.6) is 5.75 Å². The lowest BCUT2D eigenvalue weighted by molar-refractivity contribution is 0.125. The average molecular weight is 246 g/mol. The van der Waals surface area contributed by atoms with E-state index >= 15 is 0 Å². The largest absolute Gasteiger partial charge is 0.493 e. The summed E-state index contributed by atoms with van der Waals surface area (Å²) < 4.78 is 5.86. The van der Waals surface area contributed by atoms with Gasteiger partial charge in [0, 0.05) is 44.2 Å². The summed E-state index contributed by atoms with van der Waals surface area (Å²) in [6.45, 7) is 9.73. The molecule has 1 saturated heterocycles. The Balaban J connectivity index is 1.95. The molecule has 2 aliphatic heterocycles. The van der Waals surface area contributed by atoms with Crippen molar-refractivity contribution in [1.29, 1.82) is 0 Å². The van der Waals surface area contributed by atoms with Crippen LogP contribution in [0.25, 0.3) is 0 Å². The molecule has 3 rings (SSSR count). The number of benzene rings is 1. The highest BCUT2D eigenvalue weighted by Crippen LogP contribution is 2.38. The Bertz CT molecular complexity index is 438. The summed E-state index contributed by atoms with van der Waals surface area (Å²) in [5.41, 5.74) is 4.11. The van der Waals surface area contributed by atoms with E-state index in [1.807, 2.05) is 0 Å². The van der Waals surface area contributed by atoms with Crippen LogP contribution in [0, 0.1) is 13.8 Å². The molecule has 1 aromatic rings. The maximum atomic E-state index is 5.86. The number of nitrogens with zero attached hydrogens (tertiary/aromatic N) is 1. The molecule has 0 saturated carbocycles. The first-order valence-corrected chi connectivity index (χ1v) is 6.94. The molecule has 3 nitrogen and oxygen atoms in total. The minimum absolute atomic E-state index is 0.552. The standard InChI is InChI=1S/C15H22N2O/c1-11-9-12(2)15-13(3-8-18-14(15)10-11)17-6-4-16-5-7-17/h9-10,13,16H,3-8H2,1-2H3. The van der Waals surface area contributed by atoms with Crippen molar-refractivity contribution < 1.29 is 4.74 Å². The number of hydrogen-bond donors (Lipinski definition) is 1. The molecule has 1 atom stereocenters. The predicted molar refractivity (Wildman–Crippen MR) is 73.2 cm³/mol. The van der Waals surface area contributed by atoms with Crippen molar-refractivity contribution in [3.8, 4) is 5.75 Å². The molecule has 0 bridgehead atoms. The summed E-state index contributed by atoms with van der Waals surface area (Å²) in [5, 5.41) is 3.43. The molecule has 2 aliphatic rings. The minimum atomic E-state index is 0.552. The smallest absolute Gasteiger partial charge is 0.124 e. The summed E-state index contributed by atoms with van der Waals surface area (Å²) in [6, 6.07) is 5.02. The van der Waals surface area contributed by atoms with Crippen molar-refractivity contribution in [2.75, 3.05) is 32.8 Å². The molecule has 18 heavy (non-hydrogen) atoms. The van der Waals surface area contributed by atoms with E-state index in [4.69, 9.17) is 4.74 Å². The van der Waals surface area contributed by atoms with Crippen LogP contribution in [0.15, 0.2) is 12.1 Å². The lowest BCUT2D eigenvalue weighted by Gasteiger charge is -2.39. The fourth-order valence-corrected chi connectivity index (χ4v) is 3.27. The highest BCUT2D eigenvalue weighted by molar-refractivity contribution is 5.46. The van der Waals surface area contributed by atoms with Gasteiger partial charge >= 0.3 is 0 Å². The van der Waals surface area contributed by atoms with Gasteiger partial charge in [0.1, 0.15) is 5.75 Å². The van der Waals surface area contributed by atoms with Crippen LogP contribution in [0.2, 0.25) is 0 Å². The first-order chi connectivity index (χ1) is 8.75. The van der Waals surface area contributed by atoms with Crippen LogP contribution < -0.4 is 10.1 Å². The lowest BCUT2D eigenvalue weighted by atomic mass is 9.92. The Hall–Kier alpha value is -1.06. The van der Waals surface area contributed by atoms with Gasteiger partial charge in [0.15, 0.2) is 0 Å². The number of nitrogens with one attached hydrogen (secondary N) is 1. The van der Waals surface area contributed by atoms with Crippen LogP contribution >= 0.6 is 0 Å². The summed E-state index contributed by atoms with van der Waals surface area (Å²) >= 11 is 0. The van der Waals surface area contributed by atoms with Crippen molar-refractivity contribution in [3.05, 3.63) is 28.8 Å². The van der Waals surface area contributed by atoms with Gasteiger partial charge in [-0.05, 0) is 31.0 Å². The molecule has 0 amide bonds. The molecule has 1 unspecified atom stereocenters. The van der Waals surface area contributed by atoms with E-state index in [0.717, 1.165) is 45.0 Å². The maximum Gasteiger partial charge on any atom is 0.124 e. The van der Waals surface area contributed by atoms with E-state index in [-0.39, 0.29) is 0 Å². The molecule has 0 aliphatic carbocycles. The van der Waals surface area contributed by atoms with Gasteiger partial charge in [0.05, 0.1) is 6.61 Å². The molecule has 98 valence electrons.